The maximum Gasteiger partial charge on any atom is 0.225 e. The Morgan fingerprint density at radius 3 is 2.69 bits per heavy atom. The second-order valence-electron chi connectivity index (χ2n) is 2.98. The molecule has 1 aliphatic heterocycles. The van der Waals surface area contributed by atoms with Gasteiger partial charge in [-0.1, -0.05) is 6.08 Å². The molecule has 0 atom stereocenters. The van der Waals surface area contributed by atoms with Gasteiger partial charge in [0.25, 0.3) is 0 Å². The Morgan fingerprint density at radius 2 is 2.08 bits per heavy atom. The Labute approximate surface area is 79.9 Å². The Balaban J connectivity index is 2.82. The minimum atomic E-state index is 0.844. The fourth-order valence-electron chi connectivity index (χ4n) is 1.25. The van der Waals surface area contributed by atoms with Crippen molar-refractivity contribution in [3.05, 3.63) is 11.8 Å². The SMILES string of the molecule is CCN(CC)C1=NC(C)=CCC=N1. The summed E-state index contributed by atoms with van der Waals surface area (Å²) >= 11 is 0. The first-order valence-electron chi connectivity index (χ1n) is 4.80. The van der Waals surface area contributed by atoms with Crippen LogP contribution in [0.3, 0.4) is 0 Å². The molecule has 0 bridgehead atoms. The van der Waals surface area contributed by atoms with Crippen LogP contribution >= 0.6 is 0 Å². The monoisotopic (exact) mass is 179 g/mol. The molecule has 13 heavy (non-hydrogen) atoms. The minimum absolute atomic E-state index is 0.844. The molecule has 0 N–H and O–H groups in total. The van der Waals surface area contributed by atoms with E-state index in [0.29, 0.717) is 0 Å². The molecule has 0 aliphatic carbocycles. The van der Waals surface area contributed by atoms with Crippen molar-refractivity contribution in [1.29, 1.82) is 0 Å². The molecule has 0 unspecified atom stereocenters. The summed E-state index contributed by atoms with van der Waals surface area (Å²) < 4.78 is 0. The van der Waals surface area contributed by atoms with Crippen LogP contribution in [0, 0.1) is 0 Å². The van der Waals surface area contributed by atoms with Crippen LogP contribution in [-0.2, 0) is 0 Å². The molecule has 3 nitrogen and oxygen atoms in total. The van der Waals surface area contributed by atoms with Crippen molar-refractivity contribution in [3.8, 4) is 0 Å². The van der Waals surface area contributed by atoms with E-state index in [-0.39, 0.29) is 0 Å². The number of aliphatic imine (C=N–C) groups is 2. The van der Waals surface area contributed by atoms with Gasteiger partial charge in [0.1, 0.15) is 0 Å². The fraction of sp³-hybridized carbons (Fsp3) is 0.600. The summed E-state index contributed by atoms with van der Waals surface area (Å²) in [5.74, 6) is 0.844. The number of hydrogen-bond donors (Lipinski definition) is 0. The quantitative estimate of drug-likeness (QED) is 0.637. The molecule has 0 aromatic rings. The third kappa shape index (κ3) is 2.68. The van der Waals surface area contributed by atoms with E-state index in [0.717, 1.165) is 31.2 Å². The summed E-state index contributed by atoms with van der Waals surface area (Å²) in [6, 6.07) is 0. The lowest BCUT2D eigenvalue weighted by atomic mass is 10.4. The van der Waals surface area contributed by atoms with E-state index in [9.17, 15) is 0 Å². The molecule has 0 saturated carbocycles. The maximum absolute atomic E-state index is 4.42. The molecule has 0 fully saturated rings. The second kappa shape index (κ2) is 4.80. The molecule has 1 rings (SSSR count). The van der Waals surface area contributed by atoms with Crippen molar-refractivity contribution in [2.45, 2.75) is 27.2 Å². The third-order valence-corrected chi connectivity index (χ3v) is 2.05. The van der Waals surface area contributed by atoms with Gasteiger partial charge in [0.15, 0.2) is 0 Å². The number of rotatable bonds is 2. The fourth-order valence-corrected chi connectivity index (χ4v) is 1.25. The van der Waals surface area contributed by atoms with Crippen LogP contribution in [-0.4, -0.2) is 30.2 Å². The normalized spacial score (nSPS) is 16.2. The first-order valence-corrected chi connectivity index (χ1v) is 4.80. The highest BCUT2D eigenvalue weighted by Gasteiger charge is 2.06. The lowest BCUT2D eigenvalue weighted by Gasteiger charge is -2.18. The predicted octanol–water partition coefficient (Wildman–Crippen LogP) is 2.06. The van der Waals surface area contributed by atoms with Gasteiger partial charge in [-0.15, -0.1) is 0 Å². The van der Waals surface area contributed by atoms with Crippen LogP contribution in [0.2, 0.25) is 0 Å². The number of hydrogen-bond acceptors (Lipinski definition) is 3. The maximum atomic E-state index is 4.42. The highest BCUT2D eigenvalue weighted by Crippen LogP contribution is 2.04. The molecule has 0 aromatic carbocycles. The van der Waals surface area contributed by atoms with Crippen LogP contribution < -0.4 is 0 Å². The molecule has 0 saturated heterocycles. The molecular formula is C10H17N3. The third-order valence-electron chi connectivity index (χ3n) is 2.05. The molecule has 0 spiro atoms. The summed E-state index contributed by atoms with van der Waals surface area (Å²) in [4.78, 5) is 10.9. The minimum Gasteiger partial charge on any atom is -0.341 e. The van der Waals surface area contributed by atoms with Crippen molar-refractivity contribution < 1.29 is 0 Å². The highest BCUT2D eigenvalue weighted by molar-refractivity contribution is 5.89. The molecule has 1 aliphatic rings. The van der Waals surface area contributed by atoms with Gasteiger partial charge in [-0.25, -0.2) is 9.98 Å². The van der Waals surface area contributed by atoms with Gasteiger partial charge in [-0.05, 0) is 20.8 Å². The number of guanidine groups is 1. The van der Waals surface area contributed by atoms with Gasteiger partial charge < -0.3 is 4.90 Å². The van der Waals surface area contributed by atoms with E-state index < -0.39 is 0 Å². The van der Waals surface area contributed by atoms with Crippen molar-refractivity contribution in [2.24, 2.45) is 9.98 Å². The molecule has 3 heteroatoms. The van der Waals surface area contributed by atoms with Crippen molar-refractivity contribution in [3.63, 3.8) is 0 Å². The second-order valence-corrected chi connectivity index (χ2v) is 2.98. The van der Waals surface area contributed by atoms with Gasteiger partial charge in [0, 0.05) is 31.4 Å². The van der Waals surface area contributed by atoms with Crippen LogP contribution in [0.15, 0.2) is 21.8 Å². The number of allylic oxidation sites excluding steroid dienone is 2. The van der Waals surface area contributed by atoms with Gasteiger partial charge in [-0.2, -0.15) is 0 Å². The van der Waals surface area contributed by atoms with Gasteiger partial charge >= 0.3 is 0 Å². The Kier molecular flexibility index (Phi) is 3.68. The first-order chi connectivity index (χ1) is 6.27. The van der Waals surface area contributed by atoms with E-state index in [2.05, 4.69) is 34.8 Å². The van der Waals surface area contributed by atoms with Gasteiger partial charge in [0.2, 0.25) is 5.96 Å². The zero-order chi connectivity index (χ0) is 9.68. The molecular weight excluding hydrogens is 162 g/mol. The lowest BCUT2D eigenvalue weighted by molar-refractivity contribution is 0.460. The van der Waals surface area contributed by atoms with Crippen LogP contribution in [0.4, 0.5) is 0 Å². The molecule has 0 amide bonds. The zero-order valence-corrected chi connectivity index (χ0v) is 8.62. The average molecular weight is 179 g/mol. The Hall–Kier alpha value is -1.12. The zero-order valence-electron chi connectivity index (χ0n) is 8.62. The van der Waals surface area contributed by atoms with E-state index in [1.54, 1.807) is 0 Å². The molecule has 1 heterocycles. The summed E-state index contributed by atoms with van der Waals surface area (Å²) in [5.41, 5.74) is 1.06. The van der Waals surface area contributed by atoms with Crippen LogP contribution in [0.25, 0.3) is 0 Å². The average Bonchev–Trinajstić information content (AvgIpc) is 2.32. The molecule has 72 valence electrons. The largest absolute Gasteiger partial charge is 0.341 e. The van der Waals surface area contributed by atoms with Gasteiger partial charge in [-0.3, -0.25) is 0 Å². The van der Waals surface area contributed by atoms with E-state index in [1.165, 1.54) is 0 Å². The molecule has 0 radical (unpaired) electrons. The molecule has 0 aromatic heterocycles. The standard InChI is InChI=1S/C10H17N3/c1-4-13(5-2)10-11-8-6-7-9(3)12-10/h7-8H,4-6H2,1-3H3. The Bertz CT molecular complexity index is 247. The van der Waals surface area contributed by atoms with Crippen molar-refractivity contribution in [2.75, 3.05) is 13.1 Å². The van der Waals surface area contributed by atoms with Crippen LogP contribution in [0.5, 0.6) is 0 Å². The summed E-state index contributed by atoms with van der Waals surface area (Å²) in [7, 11) is 0. The first kappa shape index (κ1) is 9.96. The summed E-state index contributed by atoms with van der Waals surface area (Å²) in [6.07, 6.45) is 4.88. The van der Waals surface area contributed by atoms with Crippen molar-refractivity contribution >= 4 is 12.2 Å². The summed E-state index contributed by atoms with van der Waals surface area (Å²) in [6.45, 7) is 8.16. The Morgan fingerprint density at radius 1 is 1.38 bits per heavy atom. The smallest absolute Gasteiger partial charge is 0.225 e. The van der Waals surface area contributed by atoms with Crippen LogP contribution in [0.1, 0.15) is 27.2 Å². The van der Waals surface area contributed by atoms with E-state index >= 15 is 0 Å². The van der Waals surface area contributed by atoms with Crippen molar-refractivity contribution in [1.82, 2.24) is 4.90 Å². The van der Waals surface area contributed by atoms with E-state index in [4.69, 9.17) is 0 Å². The van der Waals surface area contributed by atoms with E-state index in [1.807, 2.05) is 13.1 Å². The predicted molar refractivity (Wildman–Crippen MR) is 57.2 cm³/mol. The highest BCUT2D eigenvalue weighted by atomic mass is 15.3. The lowest BCUT2D eigenvalue weighted by Crippen LogP contribution is -2.29. The van der Waals surface area contributed by atoms with Gasteiger partial charge in [0.05, 0.1) is 0 Å². The number of nitrogens with zero attached hydrogens (tertiary/aromatic N) is 3. The topological polar surface area (TPSA) is 28.0 Å². The summed E-state index contributed by atoms with van der Waals surface area (Å²) in [5, 5.41) is 0.